The summed E-state index contributed by atoms with van der Waals surface area (Å²) in [5.41, 5.74) is 6.32. The zero-order valence-corrected chi connectivity index (χ0v) is 18.0. The molecule has 0 atom stereocenters. The van der Waals surface area contributed by atoms with Crippen LogP contribution in [-0.2, 0) is 10.8 Å². The van der Waals surface area contributed by atoms with E-state index in [9.17, 15) is 0 Å². The van der Waals surface area contributed by atoms with Gasteiger partial charge in [0.05, 0.1) is 18.0 Å². The molecule has 0 bridgehead atoms. The summed E-state index contributed by atoms with van der Waals surface area (Å²) in [5.74, 6) is 0.880. The van der Waals surface area contributed by atoms with Crippen LogP contribution in [0.1, 0.15) is 58.4 Å². The zero-order chi connectivity index (χ0) is 20.7. The SMILES string of the molecule is [C-]#[N+]c1cccc(-c2nc(C)cn2-c2c(C(C)(C)C)cccc2C(C)(C)C)c1. The number of nitrogens with zero attached hydrogens (tertiary/aromatic N) is 3. The molecule has 0 spiro atoms. The highest BCUT2D eigenvalue weighted by atomic mass is 15.1. The Hall–Kier alpha value is -2.86. The van der Waals surface area contributed by atoms with E-state index in [1.54, 1.807) is 0 Å². The lowest BCUT2D eigenvalue weighted by atomic mass is 9.78. The molecular formula is C25H29N3. The summed E-state index contributed by atoms with van der Waals surface area (Å²) in [4.78, 5) is 8.43. The van der Waals surface area contributed by atoms with E-state index >= 15 is 0 Å². The van der Waals surface area contributed by atoms with Crippen molar-refractivity contribution in [3.05, 3.63) is 76.9 Å². The lowest BCUT2D eigenvalue weighted by Crippen LogP contribution is -2.22. The first-order valence-electron chi connectivity index (χ1n) is 9.70. The molecule has 0 radical (unpaired) electrons. The predicted molar refractivity (Wildman–Crippen MR) is 117 cm³/mol. The van der Waals surface area contributed by atoms with E-state index in [0.29, 0.717) is 5.69 Å². The Labute approximate surface area is 168 Å². The fourth-order valence-electron chi connectivity index (χ4n) is 3.60. The minimum absolute atomic E-state index is 0.00953. The second-order valence-corrected chi connectivity index (χ2v) is 9.44. The van der Waals surface area contributed by atoms with Crippen LogP contribution < -0.4 is 0 Å². The molecule has 0 aliphatic rings. The predicted octanol–water partition coefficient (Wildman–Crippen LogP) is 6.99. The quantitative estimate of drug-likeness (QED) is 0.445. The maximum absolute atomic E-state index is 7.36. The van der Waals surface area contributed by atoms with Crippen molar-refractivity contribution in [1.82, 2.24) is 9.55 Å². The van der Waals surface area contributed by atoms with Gasteiger partial charge in [0.2, 0.25) is 0 Å². The van der Waals surface area contributed by atoms with E-state index < -0.39 is 0 Å². The fourth-order valence-corrected chi connectivity index (χ4v) is 3.60. The molecule has 28 heavy (non-hydrogen) atoms. The Morgan fingerprint density at radius 3 is 2.00 bits per heavy atom. The van der Waals surface area contributed by atoms with Gasteiger partial charge in [0.15, 0.2) is 5.69 Å². The van der Waals surface area contributed by atoms with Crippen molar-refractivity contribution in [2.24, 2.45) is 0 Å². The Bertz CT molecular complexity index is 1020. The van der Waals surface area contributed by atoms with Crippen LogP contribution in [0.25, 0.3) is 21.9 Å². The lowest BCUT2D eigenvalue weighted by Gasteiger charge is -2.31. The number of aryl methyl sites for hydroxylation is 1. The normalized spacial score (nSPS) is 12.1. The van der Waals surface area contributed by atoms with E-state index in [4.69, 9.17) is 11.6 Å². The summed E-state index contributed by atoms with van der Waals surface area (Å²) >= 11 is 0. The van der Waals surface area contributed by atoms with Crippen LogP contribution in [0.5, 0.6) is 0 Å². The smallest absolute Gasteiger partial charge is 0.187 e. The van der Waals surface area contributed by atoms with Crippen LogP contribution in [0.3, 0.4) is 0 Å². The molecule has 0 saturated heterocycles. The Morgan fingerprint density at radius 1 is 0.893 bits per heavy atom. The highest BCUT2D eigenvalue weighted by Gasteiger charge is 2.27. The topological polar surface area (TPSA) is 22.2 Å². The van der Waals surface area contributed by atoms with Crippen molar-refractivity contribution in [2.75, 3.05) is 0 Å². The van der Waals surface area contributed by atoms with Crippen LogP contribution in [0, 0.1) is 13.5 Å². The van der Waals surface area contributed by atoms with Gasteiger partial charge in [0.25, 0.3) is 0 Å². The largest absolute Gasteiger partial charge is 0.299 e. The van der Waals surface area contributed by atoms with E-state index in [0.717, 1.165) is 17.1 Å². The highest BCUT2D eigenvalue weighted by molar-refractivity contribution is 5.67. The van der Waals surface area contributed by atoms with Crippen LogP contribution in [-0.4, -0.2) is 9.55 Å². The summed E-state index contributed by atoms with van der Waals surface area (Å²) in [6.45, 7) is 22.9. The summed E-state index contributed by atoms with van der Waals surface area (Å²) in [7, 11) is 0. The molecule has 3 heteroatoms. The molecule has 0 aliphatic carbocycles. The molecule has 0 aliphatic heterocycles. The van der Waals surface area contributed by atoms with Crippen molar-refractivity contribution in [2.45, 2.75) is 59.3 Å². The van der Waals surface area contributed by atoms with Crippen molar-refractivity contribution in [1.29, 1.82) is 0 Å². The molecule has 3 aromatic rings. The number of aromatic nitrogens is 2. The molecule has 0 unspecified atom stereocenters. The molecule has 144 valence electrons. The maximum Gasteiger partial charge on any atom is 0.187 e. The maximum atomic E-state index is 7.36. The van der Waals surface area contributed by atoms with Crippen molar-refractivity contribution >= 4 is 5.69 Å². The number of imidazole rings is 1. The molecule has 1 heterocycles. The van der Waals surface area contributed by atoms with Crippen molar-refractivity contribution < 1.29 is 0 Å². The number of hydrogen-bond acceptors (Lipinski definition) is 1. The minimum atomic E-state index is -0.00953. The minimum Gasteiger partial charge on any atom is -0.299 e. The molecular weight excluding hydrogens is 342 g/mol. The summed E-state index contributed by atoms with van der Waals surface area (Å²) in [6, 6.07) is 14.3. The number of hydrogen-bond donors (Lipinski definition) is 0. The van der Waals surface area contributed by atoms with Crippen LogP contribution in [0.4, 0.5) is 5.69 Å². The van der Waals surface area contributed by atoms with Crippen molar-refractivity contribution in [3.8, 4) is 17.1 Å². The Morgan fingerprint density at radius 2 is 1.46 bits per heavy atom. The van der Waals surface area contributed by atoms with Gasteiger partial charge in [0.1, 0.15) is 5.82 Å². The number of rotatable bonds is 2. The first kappa shape index (κ1) is 19.9. The fraction of sp³-hybridized carbons (Fsp3) is 0.360. The molecule has 1 aromatic heterocycles. The van der Waals surface area contributed by atoms with E-state index in [-0.39, 0.29) is 10.8 Å². The number of benzene rings is 2. The molecule has 3 rings (SSSR count). The van der Waals surface area contributed by atoms with Gasteiger partial charge in [-0.1, -0.05) is 77.9 Å². The van der Waals surface area contributed by atoms with Crippen LogP contribution >= 0.6 is 0 Å². The third-order valence-electron chi connectivity index (χ3n) is 4.95. The zero-order valence-electron chi connectivity index (χ0n) is 18.0. The van der Waals surface area contributed by atoms with Gasteiger partial charge in [-0.05, 0) is 34.9 Å². The molecule has 0 fully saturated rings. The summed E-state index contributed by atoms with van der Waals surface area (Å²) in [5, 5.41) is 0. The monoisotopic (exact) mass is 371 g/mol. The summed E-state index contributed by atoms with van der Waals surface area (Å²) in [6.07, 6.45) is 2.11. The highest BCUT2D eigenvalue weighted by Crippen LogP contribution is 2.38. The van der Waals surface area contributed by atoms with E-state index in [1.165, 1.54) is 16.8 Å². The van der Waals surface area contributed by atoms with E-state index in [2.05, 4.69) is 75.4 Å². The Kier molecular flexibility index (Phi) is 4.93. The van der Waals surface area contributed by atoms with Gasteiger partial charge in [0, 0.05) is 11.8 Å². The molecule has 2 aromatic carbocycles. The molecule has 0 amide bonds. The van der Waals surface area contributed by atoms with Crippen LogP contribution in [0.15, 0.2) is 48.7 Å². The third kappa shape index (κ3) is 3.73. The number of para-hydroxylation sites is 1. The van der Waals surface area contributed by atoms with Crippen LogP contribution in [0.2, 0.25) is 0 Å². The second kappa shape index (κ2) is 6.95. The first-order valence-corrected chi connectivity index (χ1v) is 9.70. The average molecular weight is 372 g/mol. The molecule has 3 nitrogen and oxygen atoms in total. The second-order valence-electron chi connectivity index (χ2n) is 9.44. The van der Waals surface area contributed by atoms with Gasteiger partial charge in [-0.15, -0.1) is 0 Å². The third-order valence-corrected chi connectivity index (χ3v) is 4.95. The average Bonchev–Trinajstić information content (AvgIpc) is 3.01. The lowest BCUT2D eigenvalue weighted by molar-refractivity contribution is 0.562. The summed E-state index contributed by atoms with van der Waals surface area (Å²) < 4.78 is 2.22. The Balaban J connectivity index is 2.38. The van der Waals surface area contributed by atoms with Gasteiger partial charge >= 0.3 is 0 Å². The van der Waals surface area contributed by atoms with Gasteiger partial charge < -0.3 is 0 Å². The van der Waals surface area contributed by atoms with Crippen molar-refractivity contribution in [3.63, 3.8) is 0 Å². The molecule has 0 saturated carbocycles. The first-order chi connectivity index (χ1) is 13.0. The molecule has 0 N–H and O–H groups in total. The van der Waals surface area contributed by atoms with Gasteiger partial charge in [-0.25, -0.2) is 9.83 Å². The van der Waals surface area contributed by atoms with Gasteiger partial charge in [-0.2, -0.15) is 0 Å². The standard InChI is InChI=1S/C25H29N3/c1-17-16-28(23(27-17)18-11-9-12-19(15-18)26-8)22-20(24(2,3)4)13-10-14-21(22)25(5,6)7/h9-16H,1-7H3. The van der Waals surface area contributed by atoms with Gasteiger partial charge in [-0.3, -0.25) is 4.57 Å². The van der Waals surface area contributed by atoms with E-state index in [1.807, 2.05) is 31.2 Å².